The van der Waals surface area contributed by atoms with Crippen molar-refractivity contribution in [1.82, 2.24) is 5.32 Å². The predicted molar refractivity (Wildman–Crippen MR) is 60.7 cm³/mol. The third kappa shape index (κ3) is 4.13. The highest BCUT2D eigenvalue weighted by Gasteiger charge is 1.97. The molecule has 4 heteroatoms. The molecular weight excluding hydrogens is 209 g/mol. The molecule has 0 fully saturated rings. The average Bonchev–Trinajstić information content (AvgIpc) is 2.23. The summed E-state index contributed by atoms with van der Waals surface area (Å²) in [4.78, 5) is 10.6. The quantitative estimate of drug-likeness (QED) is 0.847. The normalized spacial score (nSPS) is 10.4. The highest BCUT2D eigenvalue weighted by atomic mass is 19.1. The fraction of sp³-hybridized carbons (Fsp3) is 0.250. The lowest BCUT2D eigenvalue weighted by Gasteiger charge is -2.01. The van der Waals surface area contributed by atoms with E-state index in [0.29, 0.717) is 17.9 Å². The van der Waals surface area contributed by atoms with Crippen LogP contribution in [0.25, 0.3) is 6.08 Å². The predicted octanol–water partition coefficient (Wildman–Crippen LogP) is 1.98. The summed E-state index contributed by atoms with van der Waals surface area (Å²) in [5, 5.41) is 2.61. The molecule has 0 aromatic heterocycles. The number of ether oxygens (including phenoxy) is 1. The Morgan fingerprint density at radius 1 is 1.50 bits per heavy atom. The van der Waals surface area contributed by atoms with Gasteiger partial charge in [-0.3, -0.25) is 4.79 Å². The van der Waals surface area contributed by atoms with Crippen LogP contribution in [0.3, 0.4) is 0 Å². The highest BCUT2D eigenvalue weighted by molar-refractivity contribution is 5.73. The van der Waals surface area contributed by atoms with Gasteiger partial charge < -0.3 is 10.1 Å². The van der Waals surface area contributed by atoms with E-state index in [0.717, 1.165) is 0 Å². The first kappa shape index (κ1) is 12.2. The topological polar surface area (TPSA) is 38.3 Å². The molecule has 0 bridgehead atoms. The van der Waals surface area contributed by atoms with E-state index in [1.54, 1.807) is 18.2 Å². The van der Waals surface area contributed by atoms with E-state index >= 15 is 0 Å². The van der Waals surface area contributed by atoms with Crippen molar-refractivity contribution < 1.29 is 13.9 Å². The average molecular weight is 223 g/mol. The maximum absolute atomic E-state index is 13.1. The molecule has 1 rings (SSSR count). The summed E-state index contributed by atoms with van der Waals surface area (Å²) in [5.41, 5.74) is 0.696. The first-order chi connectivity index (χ1) is 7.61. The second-order valence-electron chi connectivity index (χ2n) is 3.26. The molecule has 1 N–H and O–H groups in total. The lowest BCUT2D eigenvalue weighted by Crippen LogP contribution is -2.19. The summed E-state index contributed by atoms with van der Waals surface area (Å²) in [6.45, 7) is 1.87. The zero-order valence-corrected chi connectivity index (χ0v) is 9.29. The standard InChI is InChI=1S/C12H14FNO2/c1-9(15)14-5-3-4-10-6-11(13)8-12(7-10)16-2/h3-4,6-8H,5H2,1-2H3,(H,14,15). The van der Waals surface area contributed by atoms with Crippen LogP contribution in [-0.4, -0.2) is 19.6 Å². The van der Waals surface area contributed by atoms with Gasteiger partial charge in [-0.1, -0.05) is 12.2 Å². The molecule has 1 amide bonds. The third-order valence-corrected chi connectivity index (χ3v) is 1.91. The minimum atomic E-state index is -0.349. The molecule has 0 atom stereocenters. The monoisotopic (exact) mass is 223 g/mol. The van der Waals surface area contributed by atoms with Crippen molar-refractivity contribution in [2.24, 2.45) is 0 Å². The number of rotatable bonds is 4. The molecular formula is C12H14FNO2. The van der Waals surface area contributed by atoms with Crippen LogP contribution in [0.5, 0.6) is 5.75 Å². The van der Waals surface area contributed by atoms with Crippen LogP contribution in [-0.2, 0) is 4.79 Å². The van der Waals surface area contributed by atoms with Crippen molar-refractivity contribution in [1.29, 1.82) is 0 Å². The number of nitrogens with one attached hydrogen (secondary N) is 1. The molecule has 0 unspecified atom stereocenters. The molecule has 0 saturated heterocycles. The second-order valence-corrected chi connectivity index (χ2v) is 3.26. The first-order valence-electron chi connectivity index (χ1n) is 4.87. The summed E-state index contributed by atoms with van der Waals surface area (Å²) in [6, 6.07) is 4.42. The number of hydrogen-bond acceptors (Lipinski definition) is 2. The Morgan fingerprint density at radius 2 is 2.25 bits per heavy atom. The molecule has 3 nitrogen and oxygen atoms in total. The Kier molecular flexibility index (Phi) is 4.51. The van der Waals surface area contributed by atoms with Crippen LogP contribution >= 0.6 is 0 Å². The van der Waals surface area contributed by atoms with Crippen molar-refractivity contribution in [2.75, 3.05) is 13.7 Å². The van der Waals surface area contributed by atoms with Crippen LogP contribution in [0.2, 0.25) is 0 Å². The van der Waals surface area contributed by atoms with Crippen molar-refractivity contribution in [3.05, 3.63) is 35.7 Å². The summed E-state index contributed by atoms with van der Waals surface area (Å²) in [7, 11) is 1.49. The molecule has 0 aliphatic heterocycles. The van der Waals surface area contributed by atoms with Gasteiger partial charge in [-0.05, 0) is 17.7 Å². The number of methoxy groups -OCH3 is 1. The van der Waals surface area contributed by atoms with E-state index < -0.39 is 0 Å². The largest absolute Gasteiger partial charge is 0.497 e. The van der Waals surface area contributed by atoms with Gasteiger partial charge in [-0.25, -0.2) is 4.39 Å². The lowest BCUT2D eigenvalue weighted by atomic mass is 10.2. The number of hydrogen-bond donors (Lipinski definition) is 1. The van der Waals surface area contributed by atoms with Crippen LogP contribution < -0.4 is 10.1 Å². The van der Waals surface area contributed by atoms with Gasteiger partial charge >= 0.3 is 0 Å². The highest BCUT2D eigenvalue weighted by Crippen LogP contribution is 2.16. The minimum Gasteiger partial charge on any atom is -0.497 e. The third-order valence-electron chi connectivity index (χ3n) is 1.91. The smallest absolute Gasteiger partial charge is 0.217 e. The van der Waals surface area contributed by atoms with Crippen molar-refractivity contribution in [3.63, 3.8) is 0 Å². The zero-order chi connectivity index (χ0) is 12.0. The van der Waals surface area contributed by atoms with Gasteiger partial charge in [-0.15, -0.1) is 0 Å². The Hall–Kier alpha value is -1.84. The van der Waals surface area contributed by atoms with Crippen molar-refractivity contribution in [3.8, 4) is 5.75 Å². The number of amides is 1. The van der Waals surface area contributed by atoms with Crippen LogP contribution in [0.1, 0.15) is 12.5 Å². The van der Waals surface area contributed by atoms with Gasteiger partial charge in [0.15, 0.2) is 0 Å². The van der Waals surface area contributed by atoms with Crippen molar-refractivity contribution >= 4 is 12.0 Å². The van der Waals surface area contributed by atoms with Crippen molar-refractivity contribution in [2.45, 2.75) is 6.92 Å². The summed E-state index contributed by atoms with van der Waals surface area (Å²) in [5.74, 6) is 0.0270. The summed E-state index contributed by atoms with van der Waals surface area (Å²) < 4.78 is 18.0. The van der Waals surface area contributed by atoms with E-state index in [1.807, 2.05) is 0 Å². The van der Waals surface area contributed by atoms with Crippen LogP contribution in [0, 0.1) is 5.82 Å². The van der Waals surface area contributed by atoms with E-state index in [2.05, 4.69) is 5.32 Å². The molecule has 0 radical (unpaired) electrons. The maximum atomic E-state index is 13.1. The summed E-state index contributed by atoms with van der Waals surface area (Å²) in [6.07, 6.45) is 3.47. The molecule has 0 heterocycles. The molecule has 16 heavy (non-hydrogen) atoms. The molecule has 0 aliphatic rings. The van der Waals surface area contributed by atoms with Gasteiger partial charge in [0.25, 0.3) is 0 Å². The molecule has 86 valence electrons. The first-order valence-corrected chi connectivity index (χ1v) is 4.87. The lowest BCUT2D eigenvalue weighted by molar-refractivity contribution is -0.118. The Morgan fingerprint density at radius 3 is 2.88 bits per heavy atom. The van der Waals surface area contributed by atoms with Crippen LogP contribution in [0.15, 0.2) is 24.3 Å². The number of benzene rings is 1. The fourth-order valence-corrected chi connectivity index (χ4v) is 1.20. The zero-order valence-electron chi connectivity index (χ0n) is 9.29. The molecule has 0 aliphatic carbocycles. The van der Waals surface area contributed by atoms with E-state index in [1.165, 1.54) is 26.2 Å². The maximum Gasteiger partial charge on any atom is 0.217 e. The van der Waals surface area contributed by atoms with Gasteiger partial charge in [0.2, 0.25) is 5.91 Å². The van der Waals surface area contributed by atoms with Gasteiger partial charge in [0, 0.05) is 19.5 Å². The fourth-order valence-electron chi connectivity index (χ4n) is 1.20. The Labute approximate surface area is 93.9 Å². The second kappa shape index (κ2) is 5.90. The van der Waals surface area contributed by atoms with Crippen LogP contribution in [0.4, 0.5) is 4.39 Å². The molecule has 0 spiro atoms. The number of carbonyl (C=O) groups is 1. The minimum absolute atomic E-state index is 0.0959. The van der Waals surface area contributed by atoms with Gasteiger partial charge in [0.1, 0.15) is 11.6 Å². The number of carbonyl (C=O) groups excluding carboxylic acids is 1. The van der Waals surface area contributed by atoms with Gasteiger partial charge in [0.05, 0.1) is 7.11 Å². The Bertz CT molecular complexity index is 402. The Balaban J connectivity index is 2.65. The molecule has 1 aromatic carbocycles. The summed E-state index contributed by atoms with van der Waals surface area (Å²) >= 11 is 0. The number of halogens is 1. The molecule has 1 aromatic rings. The van der Waals surface area contributed by atoms with E-state index in [-0.39, 0.29) is 11.7 Å². The molecule has 0 saturated carbocycles. The SMILES string of the molecule is COc1cc(F)cc(C=CCNC(C)=O)c1. The van der Waals surface area contributed by atoms with E-state index in [9.17, 15) is 9.18 Å². The van der Waals surface area contributed by atoms with Gasteiger partial charge in [-0.2, -0.15) is 0 Å². The van der Waals surface area contributed by atoms with E-state index in [4.69, 9.17) is 4.74 Å².